The standard InChI is InChI=1S/C12H6Br2Cl2N2O/c13-7-3-4-8(10(16)9(7)15)18-12(19)6-2-1-5-17-11(6)14/h1-5H,(H,18,19). The second-order valence-electron chi connectivity index (χ2n) is 3.52. The van der Waals surface area contributed by atoms with Gasteiger partial charge in [0, 0.05) is 10.7 Å². The Balaban J connectivity index is 2.30. The van der Waals surface area contributed by atoms with Gasteiger partial charge in [-0.15, -0.1) is 0 Å². The van der Waals surface area contributed by atoms with Crippen molar-refractivity contribution >= 4 is 66.7 Å². The quantitative estimate of drug-likeness (QED) is 0.534. The Morgan fingerprint density at radius 2 is 1.89 bits per heavy atom. The number of benzene rings is 1. The highest BCUT2D eigenvalue weighted by Crippen LogP contribution is 2.36. The minimum Gasteiger partial charge on any atom is -0.320 e. The number of rotatable bonds is 2. The Morgan fingerprint density at radius 1 is 1.16 bits per heavy atom. The number of pyridine rings is 1. The van der Waals surface area contributed by atoms with Crippen molar-refractivity contribution in [3.05, 3.63) is 55.1 Å². The summed E-state index contributed by atoms with van der Waals surface area (Å²) >= 11 is 18.5. The van der Waals surface area contributed by atoms with Gasteiger partial charge in [-0.25, -0.2) is 4.98 Å². The second kappa shape index (κ2) is 6.22. The van der Waals surface area contributed by atoms with E-state index in [9.17, 15) is 4.79 Å². The lowest BCUT2D eigenvalue weighted by Crippen LogP contribution is -2.13. The molecular formula is C12H6Br2Cl2N2O. The van der Waals surface area contributed by atoms with E-state index in [4.69, 9.17) is 23.2 Å². The Morgan fingerprint density at radius 3 is 2.58 bits per heavy atom. The molecule has 0 aliphatic heterocycles. The molecule has 1 heterocycles. The largest absolute Gasteiger partial charge is 0.320 e. The predicted molar refractivity (Wildman–Crippen MR) is 84.1 cm³/mol. The van der Waals surface area contributed by atoms with Gasteiger partial charge in [-0.2, -0.15) is 0 Å². The number of nitrogens with one attached hydrogen (secondary N) is 1. The Hall–Kier alpha value is -0.620. The van der Waals surface area contributed by atoms with Crippen molar-refractivity contribution in [2.24, 2.45) is 0 Å². The van der Waals surface area contributed by atoms with Crippen LogP contribution in [0.5, 0.6) is 0 Å². The van der Waals surface area contributed by atoms with E-state index in [0.29, 0.717) is 25.3 Å². The second-order valence-corrected chi connectivity index (χ2v) is 5.88. The van der Waals surface area contributed by atoms with Crippen molar-refractivity contribution in [1.82, 2.24) is 4.98 Å². The van der Waals surface area contributed by atoms with Gasteiger partial charge in [0.2, 0.25) is 0 Å². The number of hydrogen-bond donors (Lipinski definition) is 1. The fourth-order valence-electron chi connectivity index (χ4n) is 1.37. The number of aromatic nitrogens is 1. The maximum absolute atomic E-state index is 12.1. The molecule has 0 radical (unpaired) electrons. The lowest BCUT2D eigenvalue weighted by molar-refractivity contribution is 0.102. The topological polar surface area (TPSA) is 42.0 Å². The van der Waals surface area contributed by atoms with E-state index in [1.807, 2.05) is 0 Å². The van der Waals surface area contributed by atoms with E-state index in [1.54, 1.807) is 30.5 Å². The van der Waals surface area contributed by atoms with Gasteiger partial charge in [0.05, 0.1) is 21.3 Å². The molecule has 0 bridgehead atoms. The summed E-state index contributed by atoms with van der Waals surface area (Å²) in [6.07, 6.45) is 1.59. The smallest absolute Gasteiger partial charge is 0.258 e. The zero-order chi connectivity index (χ0) is 14.0. The number of carbonyl (C=O) groups is 1. The normalized spacial score (nSPS) is 10.3. The number of hydrogen-bond acceptors (Lipinski definition) is 2. The molecule has 0 atom stereocenters. The summed E-state index contributed by atoms with van der Waals surface area (Å²) in [6, 6.07) is 6.71. The Kier molecular flexibility index (Phi) is 4.84. The molecule has 1 aromatic heterocycles. The molecule has 19 heavy (non-hydrogen) atoms. The van der Waals surface area contributed by atoms with E-state index in [2.05, 4.69) is 42.2 Å². The van der Waals surface area contributed by atoms with E-state index < -0.39 is 0 Å². The Labute approximate surface area is 136 Å². The van der Waals surface area contributed by atoms with Gasteiger partial charge in [-0.3, -0.25) is 4.79 Å². The maximum Gasteiger partial charge on any atom is 0.258 e. The predicted octanol–water partition coefficient (Wildman–Crippen LogP) is 5.17. The van der Waals surface area contributed by atoms with Crippen molar-refractivity contribution < 1.29 is 4.79 Å². The van der Waals surface area contributed by atoms with Crippen molar-refractivity contribution in [3.8, 4) is 0 Å². The fourth-order valence-corrected chi connectivity index (χ4v) is 2.62. The van der Waals surface area contributed by atoms with Gasteiger partial charge >= 0.3 is 0 Å². The summed E-state index contributed by atoms with van der Waals surface area (Å²) in [6.45, 7) is 0. The first-order valence-corrected chi connectivity index (χ1v) is 7.40. The first-order chi connectivity index (χ1) is 9.00. The molecule has 2 aromatic rings. The van der Waals surface area contributed by atoms with Crippen LogP contribution in [-0.2, 0) is 0 Å². The molecule has 0 saturated carbocycles. The minimum absolute atomic E-state index is 0.282. The molecule has 3 nitrogen and oxygen atoms in total. The lowest BCUT2D eigenvalue weighted by atomic mass is 10.2. The number of nitrogens with zero attached hydrogens (tertiary/aromatic N) is 1. The molecule has 0 saturated heterocycles. The van der Waals surface area contributed by atoms with Crippen molar-refractivity contribution in [2.75, 3.05) is 5.32 Å². The molecule has 0 aliphatic rings. The average molecular weight is 425 g/mol. The summed E-state index contributed by atoms with van der Waals surface area (Å²) in [4.78, 5) is 16.1. The zero-order valence-corrected chi connectivity index (χ0v) is 13.9. The molecule has 98 valence electrons. The summed E-state index contributed by atoms with van der Waals surface area (Å²) in [5.41, 5.74) is 0.855. The monoisotopic (exact) mass is 422 g/mol. The van der Waals surface area contributed by atoms with Crippen molar-refractivity contribution in [1.29, 1.82) is 0 Å². The van der Waals surface area contributed by atoms with Crippen LogP contribution < -0.4 is 5.32 Å². The highest BCUT2D eigenvalue weighted by atomic mass is 79.9. The SMILES string of the molecule is O=C(Nc1ccc(Br)c(Cl)c1Cl)c1cccnc1Br. The van der Waals surface area contributed by atoms with E-state index in [0.717, 1.165) is 0 Å². The van der Waals surface area contributed by atoms with Gasteiger partial charge in [-0.05, 0) is 56.1 Å². The highest BCUT2D eigenvalue weighted by Gasteiger charge is 2.14. The van der Waals surface area contributed by atoms with E-state index >= 15 is 0 Å². The molecule has 0 spiro atoms. The molecule has 0 fully saturated rings. The van der Waals surface area contributed by atoms with Gasteiger partial charge in [0.1, 0.15) is 4.60 Å². The minimum atomic E-state index is -0.319. The highest BCUT2D eigenvalue weighted by molar-refractivity contribution is 9.10. The summed E-state index contributed by atoms with van der Waals surface area (Å²) in [7, 11) is 0. The van der Waals surface area contributed by atoms with Gasteiger partial charge < -0.3 is 5.32 Å². The van der Waals surface area contributed by atoms with Gasteiger partial charge in [0.25, 0.3) is 5.91 Å². The third-order valence-corrected chi connectivity index (χ3v) is 4.69. The van der Waals surface area contributed by atoms with Crippen LogP contribution >= 0.6 is 55.1 Å². The molecule has 1 N–H and O–H groups in total. The van der Waals surface area contributed by atoms with Crippen LogP contribution in [0.2, 0.25) is 10.0 Å². The van der Waals surface area contributed by atoms with E-state index in [1.165, 1.54) is 0 Å². The summed E-state index contributed by atoms with van der Waals surface area (Å²) < 4.78 is 1.13. The average Bonchev–Trinajstić information content (AvgIpc) is 2.40. The van der Waals surface area contributed by atoms with Crippen LogP contribution in [0.4, 0.5) is 5.69 Å². The van der Waals surface area contributed by atoms with E-state index in [-0.39, 0.29) is 10.9 Å². The van der Waals surface area contributed by atoms with Crippen molar-refractivity contribution in [3.63, 3.8) is 0 Å². The van der Waals surface area contributed by atoms with Crippen LogP contribution in [-0.4, -0.2) is 10.9 Å². The lowest BCUT2D eigenvalue weighted by Gasteiger charge is -2.09. The van der Waals surface area contributed by atoms with Crippen LogP contribution in [0.15, 0.2) is 39.5 Å². The third kappa shape index (κ3) is 3.28. The zero-order valence-electron chi connectivity index (χ0n) is 9.25. The van der Waals surface area contributed by atoms with Crippen LogP contribution in [0.3, 0.4) is 0 Å². The van der Waals surface area contributed by atoms with Gasteiger partial charge in [0.15, 0.2) is 0 Å². The molecule has 1 aromatic carbocycles. The number of halogens is 4. The van der Waals surface area contributed by atoms with Crippen LogP contribution in [0, 0.1) is 0 Å². The number of anilines is 1. The Bertz CT molecular complexity index is 650. The molecule has 2 rings (SSSR count). The molecule has 1 amide bonds. The third-order valence-electron chi connectivity index (χ3n) is 2.29. The first kappa shape index (κ1) is 14.8. The maximum atomic E-state index is 12.1. The fraction of sp³-hybridized carbons (Fsp3) is 0. The number of carbonyl (C=O) groups excluding carboxylic acids is 1. The van der Waals surface area contributed by atoms with Crippen molar-refractivity contribution in [2.45, 2.75) is 0 Å². The van der Waals surface area contributed by atoms with Gasteiger partial charge in [-0.1, -0.05) is 23.2 Å². The van der Waals surface area contributed by atoms with Crippen LogP contribution in [0.1, 0.15) is 10.4 Å². The van der Waals surface area contributed by atoms with Crippen LogP contribution in [0.25, 0.3) is 0 Å². The summed E-state index contributed by atoms with van der Waals surface area (Å²) in [5, 5.41) is 3.32. The molecule has 0 aliphatic carbocycles. The first-order valence-electron chi connectivity index (χ1n) is 5.06. The number of amides is 1. The summed E-state index contributed by atoms with van der Waals surface area (Å²) in [5.74, 6) is -0.319. The molecule has 0 unspecified atom stereocenters. The molecule has 7 heteroatoms. The molecular weight excluding hydrogens is 419 g/mol.